The van der Waals surface area contributed by atoms with Gasteiger partial charge in [-0.25, -0.2) is 0 Å². The first-order valence-corrected chi connectivity index (χ1v) is 5.88. The summed E-state index contributed by atoms with van der Waals surface area (Å²) in [5.41, 5.74) is 1.33. The molecule has 1 saturated heterocycles. The molecule has 1 heterocycles. The molecule has 2 rings (SSSR count). The third-order valence-corrected chi connectivity index (χ3v) is 3.16. The molecule has 1 nitrogen and oxygen atoms in total. The second-order valence-electron chi connectivity index (χ2n) is 3.27. The lowest BCUT2D eigenvalue weighted by Gasteiger charge is -2.09. The Labute approximate surface area is 83.5 Å². The third-order valence-electron chi connectivity index (χ3n) is 2.42. The summed E-state index contributed by atoms with van der Waals surface area (Å²) in [4.78, 5) is 1.32. The van der Waals surface area contributed by atoms with Crippen molar-refractivity contribution in [2.45, 2.75) is 23.8 Å². The highest BCUT2D eigenvalue weighted by atomic mass is 32.2. The first-order valence-electron chi connectivity index (χ1n) is 4.66. The summed E-state index contributed by atoms with van der Waals surface area (Å²) in [6.07, 6.45) is 4.84. The van der Waals surface area contributed by atoms with Crippen LogP contribution in [0.3, 0.4) is 0 Å². The van der Waals surface area contributed by atoms with Gasteiger partial charge in [0.25, 0.3) is 0 Å². The van der Waals surface area contributed by atoms with Crippen LogP contribution in [0, 0.1) is 0 Å². The highest BCUT2D eigenvalue weighted by molar-refractivity contribution is 7.98. The van der Waals surface area contributed by atoms with E-state index in [4.69, 9.17) is 4.74 Å². The van der Waals surface area contributed by atoms with Crippen molar-refractivity contribution in [2.24, 2.45) is 0 Å². The molecular weight excluding hydrogens is 180 g/mol. The van der Waals surface area contributed by atoms with Crippen molar-refractivity contribution < 1.29 is 4.74 Å². The highest BCUT2D eigenvalue weighted by Crippen LogP contribution is 2.29. The lowest BCUT2D eigenvalue weighted by Crippen LogP contribution is -1.94. The van der Waals surface area contributed by atoms with Gasteiger partial charge in [-0.2, -0.15) is 0 Å². The fraction of sp³-hybridized carbons (Fsp3) is 0.455. The summed E-state index contributed by atoms with van der Waals surface area (Å²) < 4.78 is 5.61. The standard InChI is InChI=1S/C11H14OS/c1-13-10-6-4-9(5-7-10)11-3-2-8-12-11/h4-7,11H,2-3,8H2,1H3. The Bertz CT molecular complexity index is 262. The minimum atomic E-state index is 0.357. The lowest BCUT2D eigenvalue weighted by molar-refractivity contribution is 0.112. The molecule has 0 bridgehead atoms. The molecule has 0 amide bonds. The maximum atomic E-state index is 5.61. The van der Waals surface area contributed by atoms with Crippen molar-refractivity contribution in [3.05, 3.63) is 29.8 Å². The van der Waals surface area contributed by atoms with Crippen LogP contribution >= 0.6 is 11.8 Å². The zero-order valence-electron chi connectivity index (χ0n) is 7.82. The van der Waals surface area contributed by atoms with Gasteiger partial charge in [-0.3, -0.25) is 0 Å². The largest absolute Gasteiger partial charge is 0.374 e. The van der Waals surface area contributed by atoms with E-state index in [0.717, 1.165) is 6.61 Å². The van der Waals surface area contributed by atoms with Gasteiger partial charge in [0.2, 0.25) is 0 Å². The Hall–Kier alpha value is -0.470. The molecule has 1 aliphatic rings. The normalized spacial score (nSPS) is 22.1. The predicted octanol–water partition coefficient (Wildman–Crippen LogP) is 3.26. The van der Waals surface area contributed by atoms with Crippen LogP contribution in [0.4, 0.5) is 0 Å². The Morgan fingerprint density at radius 1 is 1.31 bits per heavy atom. The molecule has 1 aromatic carbocycles. The average Bonchev–Trinajstić information content (AvgIpc) is 2.71. The van der Waals surface area contributed by atoms with Crippen LogP contribution in [0.25, 0.3) is 0 Å². The first-order chi connectivity index (χ1) is 6.40. The van der Waals surface area contributed by atoms with E-state index in [0.29, 0.717) is 6.10 Å². The van der Waals surface area contributed by atoms with Crippen LogP contribution in [-0.2, 0) is 4.74 Å². The summed E-state index contributed by atoms with van der Waals surface area (Å²) >= 11 is 1.78. The van der Waals surface area contributed by atoms with E-state index in [9.17, 15) is 0 Å². The van der Waals surface area contributed by atoms with Gasteiger partial charge in [0, 0.05) is 11.5 Å². The molecular formula is C11H14OS. The van der Waals surface area contributed by atoms with Gasteiger partial charge in [0.15, 0.2) is 0 Å². The van der Waals surface area contributed by atoms with Crippen molar-refractivity contribution >= 4 is 11.8 Å². The topological polar surface area (TPSA) is 9.23 Å². The van der Waals surface area contributed by atoms with Crippen LogP contribution in [0.1, 0.15) is 24.5 Å². The van der Waals surface area contributed by atoms with Gasteiger partial charge < -0.3 is 4.74 Å². The van der Waals surface area contributed by atoms with Gasteiger partial charge in [-0.1, -0.05) is 12.1 Å². The highest BCUT2D eigenvalue weighted by Gasteiger charge is 2.16. The minimum absolute atomic E-state index is 0.357. The Morgan fingerprint density at radius 2 is 2.08 bits per heavy atom. The van der Waals surface area contributed by atoms with Crippen LogP contribution < -0.4 is 0 Å². The Balaban J connectivity index is 2.12. The van der Waals surface area contributed by atoms with E-state index >= 15 is 0 Å². The predicted molar refractivity (Wildman–Crippen MR) is 56.2 cm³/mol. The molecule has 13 heavy (non-hydrogen) atoms. The molecule has 2 heteroatoms. The molecule has 0 radical (unpaired) electrons. The minimum Gasteiger partial charge on any atom is -0.374 e. The van der Waals surface area contributed by atoms with Gasteiger partial charge in [-0.15, -0.1) is 11.8 Å². The van der Waals surface area contributed by atoms with E-state index in [1.807, 2.05) is 0 Å². The molecule has 0 aromatic heterocycles. The second kappa shape index (κ2) is 4.16. The zero-order valence-corrected chi connectivity index (χ0v) is 8.64. The van der Waals surface area contributed by atoms with E-state index in [-0.39, 0.29) is 0 Å². The van der Waals surface area contributed by atoms with Crippen molar-refractivity contribution in [2.75, 3.05) is 12.9 Å². The van der Waals surface area contributed by atoms with Crippen molar-refractivity contribution in [3.63, 3.8) is 0 Å². The zero-order chi connectivity index (χ0) is 9.10. The first kappa shape index (κ1) is 9.10. The fourth-order valence-electron chi connectivity index (χ4n) is 1.66. The number of ether oxygens (including phenoxy) is 1. The molecule has 1 fully saturated rings. The maximum Gasteiger partial charge on any atom is 0.0825 e. The number of thioether (sulfide) groups is 1. The summed E-state index contributed by atoms with van der Waals surface area (Å²) in [7, 11) is 0. The molecule has 1 atom stereocenters. The fourth-order valence-corrected chi connectivity index (χ4v) is 2.07. The van der Waals surface area contributed by atoms with Gasteiger partial charge in [0.1, 0.15) is 0 Å². The van der Waals surface area contributed by atoms with E-state index < -0.39 is 0 Å². The molecule has 0 aliphatic carbocycles. The molecule has 0 N–H and O–H groups in total. The summed E-state index contributed by atoms with van der Waals surface area (Å²) in [6.45, 7) is 0.926. The summed E-state index contributed by atoms with van der Waals surface area (Å²) in [5, 5.41) is 0. The summed E-state index contributed by atoms with van der Waals surface area (Å²) in [6, 6.07) is 8.70. The molecule has 1 aromatic rings. The van der Waals surface area contributed by atoms with Gasteiger partial charge in [-0.05, 0) is 36.8 Å². The lowest BCUT2D eigenvalue weighted by atomic mass is 10.1. The number of benzene rings is 1. The molecule has 1 aliphatic heterocycles. The SMILES string of the molecule is CSc1ccc(C2CCCO2)cc1. The number of hydrogen-bond acceptors (Lipinski definition) is 2. The van der Waals surface area contributed by atoms with E-state index in [2.05, 4.69) is 30.5 Å². The Kier molecular flexibility index (Phi) is 2.91. The number of rotatable bonds is 2. The van der Waals surface area contributed by atoms with Crippen molar-refractivity contribution in [1.29, 1.82) is 0 Å². The third kappa shape index (κ3) is 2.06. The van der Waals surface area contributed by atoms with Crippen LogP contribution in [0.15, 0.2) is 29.2 Å². The van der Waals surface area contributed by atoms with Crippen molar-refractivity contribution in [3.8, 4) is 0 Å². The molecule has 0 saturated carbocycles. The van der Waals surface area contributed by atoms with Gasteiger partial charge in [0.05, 0.1) is 6.10 Å². The van der Waals surface area contributed by atoms with Crippen LogP contribution in [0.2, 0.25) is 0 Å². The Morgan fingerprint density at radius 3 is 2.62 bits per heavy atom. The molecule has 70 valence electrons. The summed E-state index contributed by atoms with van der Waals surface area (Å²) in [5.74, 6) is 0. The quantitative estimate of drug-likeness (QED) is 0.668. The average molecular weight is 194 g/mol. The second-order valence-corrected chi connectivity index (χ2v) is 4.15. The monoisotopic (exact) mass is 194 g/mol. The van der Waals surface area contributed by atoms with E-state index in [1.54, 1.807) is 11.8 Å². The maximum absolute atomic E-state index is 5.61. The smallest absolute Gasteiger partial charge is 0.0825 e. The van der Waals surface area contributed by atoms with Crippen molar-refractivity contribution in [1.82, 2.24) is 0 Å². The van der Waals surface area contributed by atoms with Gasteiger partial charge >= 0.3 is 0 Å². The number of hydrogen-bond donors (Lipinski definition) is 0. The van der Waals surface area contributed by atoms with Crippen LogP contribution in [-0.4, -0.2) is 12.9 Å². The molecule has 1 unspecified atom stereocenters. The van der Waals surface area contributed by atoms with Crippen LogP contribution in [0.5, 0.6) is 0 Å². The molecule has 0 spiro atoms. The van der Waals surface area contributed by atoms with E-state index in [1.165, 1.54) is 23.3 Å².